The van der Waals surface area contributed by atoms with Crippen molar-refractivity contribution >= 4 is 33.8 Å². The van der Waals surface area contributed by atoms with Crippen LogP contribution in [0.5, 0.6) is 11.5 Å². The van der Waals surface area contributed by atoms with E-state index in [1.807, 2.05) is 0 Å². The van der Waals surface area contributed by atoms with Crippen LogP contribution >= 0.6 is 11.3 Å². The van der Waals surface area contributed by atoms with E-state index in [0.717, 1.165) is 12.1 Å². The van der Waals surface area contributed by atoms with Crippen molar-refractivity contribution in [2.24, 2.45) is 0 Å². The SMILES string of the molecule is O=C(Nc1c(F)cccc1F)c1csc(Nc2ccc3c(c2)OCO3)n1. The lowest BCUT2D eigenvalue weighted by atomic mass is 10.3. The lowest BCUT2D eigenvalue weighted by Crippen LogP contribution is -2.14. The Morgan fingerprint density at radius 2 is 1.88 bits per heavy atom. The Hall–Kier alpha value is -3.20. The second-order valence-electron chi connectivity index (χ2n) is 5.28. The summed E-state index contributed by atoms with van der Waals surface area (Å²) in [4.78, 5) is 16.3. The minimum atomic E-state index is -0.854. The Kier molecular flexibility index (Phi) is 4.13. The number of anilines is 3. The van der Waals surface area contributed by atoms with Crippen LogP contribution < -0.4 is 20.1 Å². The molecule has 9 heteroatoms. The van der Waals surface area contributed by atoms with Gasteiger partial charge in [0.1, 0.15) is 23.0 Å². The average Bonchev–Trinajstić information content (AvgIpc) is 3.27. The highest BCUT2D eigenvalue weighted by Gasteiger charge is 2.17. The van der Waals surface area contributed by atoms with Crippen molar-refractivity contribution in [3.8, 4) is 11.5 Å². The van der Waals surface area contributed by atoms with E-state index in [-0.39, 0.29) is 12.5 Å². The maximum Gasteiger partial charge on any atom is 0.275 e. The molecule has 2 heterocycles. The summed E-state index contributed by atoms with van der Waals surface area (Å²) in [5, 5.41) is 7.17. The molecule has 0 unspecified atom stereocenters. The van der Waals surface area contributed by atoms with Crippen LogP contribution in [-0.4, -0.2) is 17.7 Å². The monoisotopic (exact) mass is 375 g/mol. The summed E-state index contributed by atoms with van der Waals surface area (Å²) in [7, 11) is 0. The fraction of sp³-hybridized carbons (Fsp3) is 0.0588. The number of aromatic nitrogens is 1. The predicted molar refractivity (Wildman–Crippen MR) is 92.3 cm³/mol. The van der Waals surface area contributed by atoms with Crippen LogP contribution in [0, 0.1) is 11.6 Å². The summed E-state index contributed by atoms with van der Waals surface area (Å²) >= 11 is 1.18. The second kappa shape index (κ2) is 6.60. The third kappa shape index (κ3) is 3.16. The van der Waals surface area contributed by atoms with Crippen molar-refractivity contribution in [1.82, 2.24) is 4.98 Å². The molecule has 0 saturated carbocycles. The van der Waals surface area contributed by atoms with Gasteiger partial charge in [-0.2, -0.15) is 0 Å². The Morgan fingerprint density at radius 3 is 2.69 bits per heavy atom. The molecular formula is C17H11F2N3O3S. The van der Waals surface area contributed by atoms with E-state index >= 15 is 0 Å². The number of carbonyl (C=O) groups excluding carboxylic acids is 1. The summed E-state index contributed by atoms with van der Waals surface area (Å²) in [6.45, 7) is 0.174. The van der Waals surface area contributed by atoms with E-state index in [1.54, 1.807) is 18.2 Å². The molecule has 0 radical (unpaired) electrons. The molecule has 26 heavy (non-hydrogen) atoms. The van der Waals surface area contributed by atoms with Gasteiger partial charge in [-0.05, 0) is 24.3 Å². The van der Waals surface area contributed by atoms with E-state index in [2.05, 4.69) is 15.6 Å². The molecule has 0 spiro atoms. The van der Waals surface area contributed by atoms with Gasteiger partial charge >= 0.3 is 0 Å². The van der Waals surface area contributed by atoms with Gasteiger partial charge in [-0.3, -0.25) is 4.79 Å². The summed E-state index contributed by atoms with van der Waals surface area (Å²) in [5.74, 6) is -1.15. The lowest BCUT2D eigenvalue weighted by molar-refractivity contribution is 0.102. The summed E-state index contributed by atoms with van der Waals surface area (Å²) in [5.41, 5.74) is 0.243. The zero-order valence-corrected chi connectivity index (χ0v) is 13.9. The van der Waals surface area contributed by atoms with E-state index in [9.17, 15) is 13.6 Å². The molecule has 4 rings (SSSR count). The Bertz CT molecular complexity index is 973. The molecule has 2 aromatic carbocycles. The first kappa shape index (κ1) is 16.3. The number of fused-ring (bicyclic) bond motifs is 1. The maximum atomic E-state index is 13.6. The fourth-order valence-corrected chi connectivity index (χ4v) is 3.04. The van der Waals surface area contributed by atoms with E-state index in [1.165, 1.54) is 22.8 Å². The number of rotatable bonds is 4. The molecule has 0 bridgehead atoms. The van der Waals surface area contributed by atoms with Gasteiger partial charge in [0.15, 0.2) is 16.6 Å². The number of hydrogen-bond donors (Lipinski definition) is 2. The highest BCUT2D eigenvalue weighted by Crippen LogP contribution is 2.35. The smallest absolute Gasteiger partial charge is 0.275 e. The number of benzene rings is 2. The third-order valence-electron chi connectivity index (χ3n) is 3.56. The molecule has 3 aromatic rings. The number of amides is 1. The zero-order valence-electron chi connectivity index (χ0n) is 13.1. The van der Waals surface area contributed by atoms with Gasteiger partial charge in [0.25, 0.3) is 5.91 Å². The number of hydrogen-bond acceptors (Lipinski definition) is 6. The zero-order chi connectivity index (χ0) is 18.1. The number of ether oxygens (including phenoxy) is 2. The fourth-order valence-electron chi connectivity index (χ4n) is 2.33. The molecule has 1 amide bonds. The average molecular weight is 375 g/mol. The third-order valence-corrected chi connectivity index (χ3v) is 4.32. The largest absolute Gasteiger partial charge is 0.454 e. The van der Waals surface area contributed by atoms with Crippen molar-refractivity contribution in [1.29, 1.82) is 0 Å². The first-order chi connectivity index (χ1) is 12.6. The van der Waals surface area contributed by atoms with Gasteiger partial charge in [-0.1, -0.05) is 6.07 Å². The second-order valence-corrected chi connectivity index (χ2v) is 6.14. The van der Waals surface area contributed by atoms with Crippen LogP contribution in [0.1, 0.15) is 10.5 Å². The first-order valence-electron chi connectivity index (χ1n) is 7.48. The quantitative estimate of drug-likeness (QED) is 0.717. The number of halogens is 2. The summed E-state index contributed by atoms with van der Waals surface area (Å²) < 4.78 is 37.8. The molecule has 1 aliphatic heterocycles. The Balaban J connectivity index is 1.48. The minimum absolute atomic E-state index is 0.0425. The van der Waals surface area contributed by atoms with Crippen molar-refractivity contribution in [3.05, 3.63) is 59.1 Å². The minimum Gasteiger partial charge on any atom is -0.454 e. The van der Waals surface area contributed by atoms with Crippen molar-refractivity contribution < 1.29 is 23.0 Å². The van der Waals surface area contributed by atoms with Gasteiger partial charge in [-0.15, -0.1) is 11.3 Å². The molecular weight excluding hydrogens is 364 g/mol. The molecule has 0 fully saturated rings. The van der Waals surface area contributed by atoms with Gasteiger partial charge in [0.05, 0.1) is 0 Å². The Labute approximate surface area is 150 Å². The molecule has 2 N–H and O–H groups in total. The molecule has 0 atom stereocenters. The molecule has 6 nitrogen and oxygen atoms in total. The van der Waals surface area contributed by atoms with Crippen molar-refractivity contribution in [2.45, 2.75) is 0 Å². The van der Waals surface area contributed by atoms with Crippen LogP contribution in [0.3, 0.4) is 0 Å². The maximum absolute atomic E-state index is 13.6. The van der Waals surface area contributed by atoms with E-state index in [0.29, 0.717) is 22.3 Å². The highest BCUT2D eigenvalue weighted by molar-refractivity contribution is 7.14. The van der Waals surface area contributed by atoms with E-state index in [4.69, 9.17) is 9.47 Å². The molecule has 132 valence electrons. The van der Waals surface area contributed by atoms with Crippen molar-refractivity contribution in [3.63, 3.8) is 0 Å². The van der Waals surface area contributed by atoms with E-state index < -0.39 is 23.2 Å². The van der Waals surface area contributed by atoms with Crippen LogP contribution in [0.15, 0.2) is 41.8 Å². The van der Waals surface area contributed by atoms with Gasteiger partial charge in [0, 0.05) is 17.1 Å². The topological polar surface area (TPSA) is 72.5 Å². The molecule has 1 aromatic heterocycles. The molecule has 1 aliphatic rings. The van der Waals surface area contributed by atoms with Gasteiger partial charge in [0.2, 0.25) is 6.79 Å². The number of thiazole rings is 1. The highest BCUT2D eigenvalue weighted by atomic mass is 32.1. The number of nitrogens with zero attached hydrogens (tertiary/aromatic N) is 1. The number of carbonyl (C=O) groups is 1. The van der Waals surface area contributed by atoms with Crippen LogP contribution in [0.2, 0.25) is 0 Å². The summed E-state index contributed by atoms with van der Waals surface area (Å²) in [6.07, 6.45) is 0. The first-order valence-corrected chi connectivity index (χ1v) is 8.36. The normalized spacial score (nSPS) is 12.1. The standard InChI is InChI=1S/C17H11F2N3O3S/c18-10-2-1-3-11(19)15(10)22-16(23)12-7-26-17(21-12)20-9-4-5-13-14(6-9)25-8-24-13/h1-7H,8H2,(H,20,21)(H,22,23). The Morgan fingerprint density at radius 1 is 1.12 bits per heavy atom. The lowest BCUT2D eigenvalue weighted by Gasteiger charge is -2.06. The van der Waals surface area contributed by atoms with Gasteiger partial charge < -0.3 is 20.1 Å². The molecule has 0 aliphatic carbocycles. The molecule has 0 saturated heterocycles. The summed E-state index contributed by atoms with van der Waals surface area (Å²) in [6, 6.07) is 8.63. The van der Waals surface area contributed by atoms with Crippen LogP contribution in [-0.2, 0) is 0 Å². The van der Waals surface area contributed by atoms with Crippen LogP contribution in [0.25, 0.3) is 0 Å². The number of nitrogens with one attached hydrogen (secondary N) is 2. The predicted octanol–water partition coefficient (Wildman–Crippen LogP) is 4.15. The van der Waals surface area contributed by atoms with Crippen molar-refractivity contribution in [2.75, 3.05) is 17.4 Å². The van der Waals surface area contributed by atoms with Crippen LogP contribution in [0.4, 0.5) is 25.3 Å². The van der Waals surface area contributed by atoms with Gasteiger partial charge in [-0.25, -0.2) is 13.8 Å². The number of para-hydroxylation sites is 1.